The van der Waals surface area contributed by atoms with Crippen molar-refractivity contribution in [2.45, 2.75) is 26.7 Å². The molecule has 1 heterocycles. The second-order valence-corrected chi connectivity index (χ2v) is 6.15. The number of aryl methyl sites for hydroxylation is 2. The number of aromatic nitrogens is 3. The first-order chi connectivity index (χ1) is 13.7. The van der Waals surface area contributed by atoms with E-state index < -0.39 is 0 Å². The van der Waals surface area contributed by atoms with E-state index in [0.29, 0.717) is 11.9 Å². The molecule has 0 atom stereocenters. The third-order valence-corrected chi connectivity index (χ3v) is 4.23. The summed E-state index contributed by atoms with van der Waals surface area (Å²) in [4.78, 5) is 0. The predicted molar refractivity (Wildman–Crippen MR) is 114 cm³/mol. The summed E-state index contributed by atoms with van der Waals surface area (Å²) in [5.41, 5.74) is 10.1. The van der Waals surface area contributed by atoms with Gasteiger partial charge in [-0.25, -0.2) is 10.9 Å². The summed E-state index contributed by atoms with van der Waals surface area (Å²) >= 11 is 0. The maximum atomic E-state index is 5.96. The third-order valence-electron chi connectivity index (χ3n) is 4.23. The summed E-state index contributed by atoms with van der Waals surface area (Å²) in [6.07, 6.45) is 5.40. The molecule has 0 bridgehead atoms. The SMILES string of the molecule is CCc1ccc(/C=N/Nc2nnc(N/N=C/c3ccc(CC)cc3)n2N)cc1. The van der Waals surface area contributed by atoms with Crippen LogP contribution in [0.25, 0.3) is 0 Å². The summed E-state index contributed by atoms with van der Waals surface area (Å²) in [6.45, 7) is 4.24. The summed E-state index contributed by atoms with van der Waals surface area (Å²) in [6, 6.07) is 16.3. The van der Waals surface area contributed by atoms with Gasteiger partial charge in [-0.05, 0) is 35.1 Å². The number of benzene rings is 2. The molecule has 0 radical (unpaired) electrons. The van der Waals surface area contributed by atoms with Crippen molar-refractivity contribution in [1.82, 2.24) is 14.9 Å². The molecule has 8 heteroatoms. The van der Waals surface area contributed by atoms with Gasteiger partial charge in [0.15, 0.2) is 0 Å². The van der Waals surface area contributed by atoms with E-state index in [0.717, 1.165) is 24.0 Å². The van der Waals surface area contributed by atoms with Crippen molar-refractivity contribution in [2.75, 3.05) is 16.7 Å². The van der Waals surface area contributed by atoms with Gasteiger partial charge in [-0.1, -0.05) is 62.4 Å². The smallest absolute Gasteiger partial charge is 0.265 e. The van der Waals surface area contributed by atoms with Gasteiger partial charge in [0.1, 0.15) is 0 Å². The van der Waals surface area contributed by atoms with Crippen LogP contribution in [-0.4, -0.2) is 27.3 Å². The van der Waals surface area contributed by atoms with Gasteiger partial charge >= 0.3 is 0 Å². The molecule has 1 aromatic heterocycles. The van der Waals surface area contributed by atoms with Crippen LogP contribution in [-0.2, 0) is 12.8 Å². The average Bonchev–Trinajstić information content (AvgIpc) is 3.09. The van der Waals surface area contributed by atoms with Crippen molar-refractivity contribution < 1.29 is 0 Å². The first-order valence-electron chi connectivity index (χ1n) is 9.16. The van der Waals surface area contributed by atoms with Crippen molar-refractivity contribution >= 4 is 24.3 Å². The highest BCUT2D eigenvalue weighted by atomic mass is 15.6. The second kappa shape index (κ2) is 9.31. The molecule has 144 valence electrons. The molecule has 28 heavy (non-hydrogen) atoms. The highest BCUT2D eigenvalue weighted by Gasteiger charge is 2.07. The van der Waals surface area contributed by atoms with E-state index in [2.05, 4.69) is 69.4 Å². The predicted octanol–water partition coefficient (Wildman–Crippen LogP) is 3.01. The quantitative estimate of drug-likeness (QED) is 0.318. The normalized spacial score (nSPS) is 11.4. The molecule has 0 saturated carbocycles. The van der Waals surface area contributed by atoms with Gasteiger partial charge in [0.25, 0.3) is 11.9 Å². The molecular formula is C20H24N8. The van der Waals surface area contributed by atoms with Crippen molar-refractivity contribution in [3.05, 3.63) is 70.8 Å². The van der Waals surface area contributed by atoms with Crippen LogP contribution in [0.1, 0.15) is 36.1 Å². The molecule has 0 aliphatic heterocycles. The Balaban J connectivity index is 1.56. The lowest BCUT2D eigenvalue weighted by Gasteiger charge is -2.02. The van der Waals surface area contributed by atoms with E-state index in [-0.39, 0.29) is 0 Å². The van der Waals surface area contributed by atoms with E-state index in [1.807, 2.05) is 24.3 Å². The Kier molecular flexibility index (Phi) is 6.35. The maximum absolute atomic E-state index is 5.96. The van der Waals surface area contributed by atoms with Crippen molar-refractivity contribution in [2.24, 2.45) is 10.2 Å². The molecule has 8 nitrogen and oxygen atoms in total. The molecule has 0 saturated heterocycles. The van der Waals surface area contributed by atoms with E-state index in [9.17, 15) is 0 Å². The number of hydrogen-bond acceptors (Lipinski definition) is 7. The topological polar surface area (TPSA) is 106 Å². The Hall–Kier alpha value is -3.68. The molecule has 0 aliphatic carbocycles. The minimum absolute atomic E-state index is 0.298. The molecule has 3 aromatic rings. The Morgan fingerprint density at radius 3 is 1.54 bits per heavy atom. The highest BCUT2D eigenvalue weighted by molar-refractivity contribution is 5.80. The number of nitrogens with two attached hydrogens (primary N) is 1. The standard InChI is InChI=1S/C20H24N8/c1-3-15-5-9-17(10-6-15)13-22-24-19-26-27-20(28(19)21)25-23-14-18-11-7-16(4-2)8-12-18/h5-14H,3-4,21H2,1-2H3,(H,24,26)(H,25,27)/b22-13+,23-14+. The number of nitrogen functional groups attached to an aromatic ring is 1. The zero-order valence-electron chi connectivity index (χ0n) is 16.0. The molecule has 0 spiro atoms. The average molecular weight is 376 g/mol. The van der Waals surface area contributed by atoms with Crippen molar-refractivity contribution in [1.29, 1.82) is 0 Å². The summed E-state index contributed by atoms with van der Waals surface area (Å²) in [5.74, 6) is 6.55. The van der Waals surface area contributed by atoms with Crippen LogP contribution >= 0.6 is 0 Å². The first kappa shape index (κ1) is 19.1. The van der Waals surface area contributed by atoms with E-state index in [1.165, 1.54) is 15.8 Å². The number of anilines is 2. The molecule has 0 unspecified atom stereocenters. The lowest BCUT2D eigenvalue weighted by molar-refractivity contribution is 0.981. The van der Waals surface area contributed by atoms with Crippen LogP contribution < -0.4 is 16.7 Å². The minimum atomic E-state index is 0.298. The van der Waals surface area contributed by atoms with Crippen LogP contribution in [0.15, 0.2) is 58.7 Å². The number of rotatable bonds is 8. The van der Waals surface area contributed by atoms with Gasteiger partial charge in [0.05, 0.1) is 12.4 Å². The van der Waals surface area contributed by atoms with Crippen LogP contribution in [0.3, 0.4) is 0 Å². The van der Waals surface area contributed by atoms with Gasteiger partial charge in [0.2, 0.25) is 0 Å². The maximum Gasteiger partial charge on any atom is 0.265 e. The fourth-order valence-electron chi connectivity index (χ4n) is 2.45. The Bertz CT molecular complexity index is 862. The molecule has 4 N–H and O–H groups in total. The molecule has 0 fully saturated rings. The van der Waals surface area contributed by atoms with Gasteiger partial charge < -0.3 is 5.84 Å². The number of nitrogens with one attached hydrogen (secondary N) is 2. The first-order valence-corrected chi connectivity index (χ1v) is 9.16. The van der Waals surface area contributed by atoms with Gasteiger partial charge in [-0.3, -0.25) is 0 Å². The number of hydrazone groups is 2. The Labute approximate surface area is 164 Å². The summed E-state index contributed by atoms with van der Waals surface area (Å²) < 4.78 is 1.25. The van der Waals surface area contributed by atoms with Crippen molar-refractivity contribution in [3.8, 4) is 0 Å². The Morgan fingerprint density at radius 1 is 0.786 bits per heavy atom. The van der Waals surface area contributed by atoms with E-state index in [1.54, 1.807) is 12.4 Å². The summed E-state index contributed by atoms with van der Waals surface area (Å²) in [7, 11) is 0. The van der Waals surface area contributed by atoms with Crippen LogP contribution in [0.4, 0.5) is 11.9 Å². The van der Waals surface area contributed by atoms with Gasteiger partial charge in [-0.2, -0.15) is 14.9 Å². The highest BCUT2D eigenvalue weighted by Crippen LogP contribution is 2.08. The van der Waals surface area contributed by atoms with Crippen molar-refractivity contribution in [3.63, 3.8) is 0 Å². The molecule has 3 rings (SSSR count). The van der Waals surface area contributed by atoms with E-state index >= 15 is 0 Å². The number of hydrogen-bond donors (Lipinski definition) is 3. The second-order valence-electron chi connectivity index (χ2n) is 6.15. The van der Waals surface area contributed by atoms with Crippen LogP contribution in [0.5, 0.6) is 0 Å². The lowest BCUT2D eigenvalue weighted by atomic mass is 10.1. The largest absolute Gasteiger partial charge is 0.333 e. The zero-order chi connectivity index (χ0) is 19.8. The fourth-order valence-corrected chi connectivity index (χ4v) is 2.45. The summed E-state index contributed by atoms with van der Waals surface area (Å²) in [5, 5.41) is 16.2. The van der Waals surface area contributed by atoms with Crippen LogP contribution in [0.2, 0.25) is 0 Å². The minimum Gasteiger partial charge on any atom is -0.333 e. The third kappa shape index (κ3) is 4.94. The zero-order valence-corrected chi connectivity index (χ0v) is 16.0. The molecule has 0 amide bonds. The molecule has 0 aliphatic rings. The van der Waals surface area contributed by atoms with Crippen LogP contribution in [0, 0.1) is 0 Å². The molecule has 2 aromatic carbocycles. The van der Waals surface area contributed by atoms with Gasteiger partial charge in [0, 0.05) is 0 Å². The fraction of sp³-hybridized carbons (Fsp3) is 0.200. The monoisotopic (exact) mass is 376 g/mol. The van der Waals surface area contributed by atoms with Gasteiger partial charge in [-0.15, -0.1) is 10.2 Å². The number of nitrogens with zero attached hydrogens (tertiary/aromatic N) is 5. The van der Waals surface area contributed by atoms with E-state index in [4.69, 9.17) is 5.84 Å². The Morgan fingerprint density at radius 2 is 1.18 bits per heavy atom. The molecular weight excluding hydrogens is 352 g/mol. The lowest BCUT2D eigenvalue weighted by Crippen LogP contribution is -2.14.